The summed E-state index contributed by atoms with van der Waals surface area (Å²) in [6.45, 7) is 0. The number of halogens is 4. The van der Waals surface area contributed by atoms with Gasteiger partial charge in [-0.15, -0.1) is 0 Å². The van der Waals surface area contributed by atoms with Crippen LogP contribution in [0, 0.1) is 5.82 Å². The molecular weight excluding hydrogens is 408 g/mol. The second kappa shape index (κ2) is 8.25. The molecule has 30 heavy (non-hydrogen) atoms. The molecule has 7 nitrogen and oxygen atoms in total. The molecule has 1 amide bonds. The molecule has 1 fully saturated rings. The molecule has 0 spiro atoms. The summed E-state index contributed by atoms with van der Waals surface area (Å²) in [5, 5.41) is 2.44. The summed E-state index contributed by atoms with van der Waals surface area (Å²) >= 11 is 0. The van der Waals surface area contributed by atoms with E-state index in [1.165, 1.54) is 12.1 Å². The normalized spacial score (nSPS) is 16.0. The van der Waals surface area contributed by atoms with Crippen LogP contribution in [0.3, 0.4) is 0 Å². The smallest absolute Gasteiger partial charge is 0.434 e. The number of anilines is 2. The van der Waals surface area contributed by atoms with Crippen LogP contribution < -0.4 is 11.1 Å². The SMILES string of the molecule is NC(=O)C1(OC(=O)c2cnc(Nc3cccc(F)c3)nc2C(F)(F)F)CCCCC1. The van der Waals surface area contributed by atoms with E-state index < -0.39 is 46.7 Å². The van der Waals surface area contributed by atoms with Gasteiger partial charge in [0.2, 0.25) is 5.95 Å². The van der Waals surface area contributed by atoms with E-state index >= 15 is 0 Å². The van der Waals surface area contributed by atoms with Crippen molar-refractivity contribution in [1.82, 2.24) is 9.97 Å². The lowest BCUT2D eigenvalue weighted by molar-refractivity contribution is -0.143. The van der Waals surface area contributed by atoms with Gasteiger partial charge in [-0.25, -0.2) is 19.2 Å². The molecule has 1 saturated carbocycles. The van der Waals surface area contributed by atoms with Crippen molar-refractivity contribution in [3.05, 3.63) is 47.5 Å². The zero-order chi connectivity index (χ0) is 21.9. The lowest BCUT2D eigenvalue weighted by atomic mass is 9.84. The molecular formula is C19H18F4N4O3. The number of ether oxygens (including phenoxy) is 1. The molecule has 1 aliphatic carbocycles. The molecule has 0 saturated heterocycles. The van der Waals surface area contributed by atoms with Crippen molar-refractivity contribution in [2.45, 2.75) is 43.9 Å². The van der Waals surface area contributed by atoms with Crippen LogP contribution in [0.2, 0.25) is 0 Å². The maximum atomic E-state index is 13.5. The number of carbonyl (C=O) groups excluding carboxylic acids is 2. The first-order valence-electron chi connectivity index (χ1n) is 9.11. The van der Waals surface area contributed by atoms with Gasteiger partial charge in [-0.2, -0.15) is 13.2 Å². The van der Waals surface area contributed by atoms with Crippen molar-refractivity contribution in [2.75, 3.05) is 5.32 Å². The highest BCUT2D eigenvalue weighted by Crippen LogP contribution is 2.35. The lowest BCUT2D eigenvalue weighted by Crippen LogP contribution is -2.49. The molecule has 160 valence electrons. The number of amides is 1. The maximum Gasteiger partial charge on any atom is 0.434 e. The molecule has 1 aromatic heterocycles. The van der Waals surface area contributed by atoms with Crippen LogP contribution in [0.5, 0.6) is 0 Å². The monoisotopic (exact) mass is 426 g/mol. The molecule has 0 unspecified atom stereocenters. The van der Waals surface area contributed by atoms with Crippen molar-refractivity contribution in [1.29, 1.82) is 0 Å². The average Bonchev–Trinajstić information content (AvgIpc) is 2.68. The van der Waals surface area contributed by atoms with Gasteiger partial charge in [-0.1, -0.05) is 12.5 Å². The molecule has 0 bridgehead atoms. The highest BCUT2D eigenvalue weighted by molar-refractivity contribution is 5.94. The van der Waals surface area contributed by atoms with E-state index in [1.54, 1.807) is 0 Å². The van der Waals surface area contributed by atoms with Gasteiger partial charge < -0.3 is 15.8 Å². The summed E-state index contributed by atoms with van der Waals surface area (Å²) in [5.74, 6) is -3.40. The second-order valence-corrected chi connectivity index (χ2v) is 6.90. The predicted molar refractivity (Wildman–Crippen MR) is 97.1 cm³/mol. The van der Waals surface area contributed by atoms with Crippen LogP contribution in [0.1, 0.15) is 48.2 Å². The van der Waals surface area contributed by atoms with Gasteiger partial charge in [0.15, 0.2) is 11.3 Å². The third-order valence-corrected chi connectivity index (χ3v) is 4.76. The Kier molecular flexibility index (Phi) is 5.90. The number of esters is 1. The standard InChI is InChI=1S/C19H18F4N4O3/c20-11-5-4-6-12(9-11)26-17-25-10-13(14(27-17)19(21,22)23)15(28)30-18(16(24)29)7-2-1-3-8-18/h4-6,9-10H,1-3,7-8H2,(H2,24,29)(H,25,26,27). The van der Waals surface area contributed by atoms with Crippen molar-refractivity contribution < 1.29 is 31.9 Å². The topological polar surface area (TPSA) is 107 Å². The first kappa shape index (κ1) is 21.5. The number of alkyl halides is 3. The van der Waals surface area contributed by atoms with Gasteiger partial charge in [0.1, 0.15) is 11.4 Å². The Bertz CT molecular complexity index is 959. The van der Waals surface area contributed by atoms with E-state index in [1.807, 2.05) is 0 Å². The minimum atomic E-state index is -5.01. The number of hydrogen-bond donors (Lipinski definition) is 2. The Morgan fingerprint density at radius 3 is 2.47 bits per heavy atom. The van der Waals surface area contributed by atoms with Crippen LogP contribution in [0.4, 0.5) is 29.2 Å². The molecule has 0 radical (unpaired) electrons. The number of nitrogens with two attached hydrogens (primary N) is 1. The fraction of sp³-hybridized carbons (Fsp3) is 0.368. The summed E-state index contributed by atoms with van der Waals surface area (Å²) < 4.78 is 59.1. The summed E-state index contributed by atoms with van der Waals surface area (Å²) in [5.41, 5.74) is 1.34. The van der Waals surface area contributed by atoms with Gasteiger partial charge in [-0.05, 0) is 43.9 Å². The largest absolute Gasteiger partial charge is 0.445 e. The van der Waals surface area contributed by atoms with Crippen molar-refractivity contribution in [3.63, 3.8) is 0 Å². The van der Waals surface area contributed by atoms with E-state index in [4.69, 9.17) is 10.5 Å². The van der Waals surface area contributed by atoms with Crippen LogP contribution in [-0.4, -0.2) is 27.4 Å². The second-order valence-electron chi connectivity index (χ2n) is 6.90. The Morgan fingerprint density at radius 2 is 1.87 bits per heavy atom. The number of nitrogens with zero attached hydrogens (tertiary/aromatic N) is 2. The zero-order valence-corrected chi connectivity index (χ0v) is 15.6. The summed E-state index contributed by atoms with van der Waals surface area (Å²) in [4.78, 5) is 31.4. The Hall–Kier alpha value is -3.24. The Morgan fingerprint density at radius 1 is 1.17 bits per heavy atom. The molecule has 0 aliphatic heterocycles. The van der Waals surface area contributed by atoms with Crippen molar-refractivity contribution in [2.24, 2.45) is 5.73 Å². The quantitative estimate of drug-likeness (QED) is 0.557. The molecule has 0 atom stereocenters. The first-order valence-corrected chi connectivity index (χ1v) is 9.11. The molecule has 3 rings (SSSR count). The molecule has 11 heteroatoms. The number of nitrogens with one attached hydrogen (secondary N) is 1. The van der Waals surface area contributed by atoms with Crippen molar-refractivity contribution >= 4 is 23.5 Å². The van der Waals surface area contributed by atoms with Gasteiger partial charge in [0.05, 0.1) is 0 Å². The van der Waals surface area contributed by atoms with E-state index in [9.17, 15) is 27.2 Å². The third-order valence-electron chi connectivity index (χ3n) is 4.76. The van der Waals surface area contributed by atoms with Crippen LogP contribution in [-0.2, 0) is 15.7 Å². The van der Waals surface area contributed by atoms with Crippen LogP contribution in [0.25, 0.3) is 0 Å². The van der Waals surface area contributed by atoms with Crippen molar-refractivity contribution in [3.8, 4) is 0 Å². The van der Waals surface area contributed by atoms with Gasteiger partial charge in [0.25, 0.3) is 5.91 Å². The minimum absolute atomic E-state index is 0.119. The van der Waals surface area contributed by atoms with Gasteiger partial charge >= 0.3 is 12.1 Å². The first-order chi connectivity index (χ1) is 14.1. The molecule has 3 N–H and O–H groups in total. The number of aromatic nitrogens is 2. The van der Waals surface area contributed by atoms with Gasteiger partial charge in [0, 0.05) is 11.9 Å². The number of benzene rings is 1. The number of rotatable bonds is 5. The molecule has 2 aromatic rings. The van der Waals surface area contributed by atoms with Gasteiger partial charge in [-0.3, -0.25) is 4.79 Å². The molecule has 1 aliphatic rings. The number of hydrogen-bond acceptors (Lipinski definition) is 6. The van der Waals surface area contributed by atoms with E-state index in [2.05, 4.69) is 15.3 Å². The highest BCUT2D eigenvalue weighted by atomic mass is 19.4. The highest BCUT2D eigenvalue weighted by Gasteiger charge is 2.44. The third kappa shape index (κ3) is 4.66. The lowest BCUT2D eigenvalue weighted by Gasteiger charge is -2.33. The Labute approximate surface area is 168 Å². The summed E-state index contributed by atoms with van der Waals surface area (Å²) in [6, 6.07) is 4.95. The summed E-state index contributed by atoms with van der Waals surface area (Å²) in [6.07, 6.45) is -2.20. The van der Waals surface area contributed by atoms with E-state index in [0.29, 0.717) is 19.0 Å². The zero-order valence-electron chi connectivity index (χ0n) is 15.6. The molecule has 1 heterocycles. The number of carbonyl (C=O) groups is 2. The minimum Gasteiger partial charge on any atom is -0.445 e. The fourth-order valence-electron chi connectivity index (χ4n) is 3.26. The van der Waals surface area contributed by atoms with E-state index in [-0.39, 0.29) is 18.5 Å². The maximum absolute atomic E-state index is 13.5. The van der Waals surface area contributed by atoms with E-state index in [0.717, 1.165) is 18.6 Å². The summed E-state index contributed by atoms with van der Waals surface area (Å²) in [7, 11) is 0. The van der Waals surface area contributed by atoms with Crippen LogP contribution >= 0.6 is 0 Å². The number of primary amides is 1. The molecule has 1 aromatic carbocycles. The Balaban J connectivity index is 1.91. The van der Waals surface area contributed by atoms with Crippen LogP contribution in [0.15, 0.2) is 30.5 Å². The fourth-order valence-corrected chi connectivity index (χ4v) is 3.26. The average molecular weight is 426 g/mol. The predicted octanol–water partition coefficient (Wildman–Crippen LogP) is 3.72.